The standard InChI is InChI=1S/C35H41N7O4/c1-39-18-20-40(21-19-39)15-12-32(43)38-27-10-11-29-31(22-27)37-24-42(34(29)45)23-35(46)13-16-41(17-14-35)33(44)26-8-6-25(7-9-26)28-4-2-3-5-30(28)36/h2-11,22,24,46H,12-21,23,36H2,1H3,(H,38,43). The van der Waals surface area contributed by atoms with Crippen molar-refractivity contribution in [1.29, 1.82) is 0 Å². The molecule has 3 aromatic carbocycles. The molecule has 46 heavy (non-hydrogen) atoms. The molecule has 1 aromatic heterocycles. The largest absolute Gasteiger partial charge is 0.398 e. The summed E-state index contributed by atoms with van der Waals surface area (Å²) in [7, 11) is 2.10. The normalized spacial score (nSPS) is 17.2. The lowest BCUT2D eigenvalue weighted by molar-refractivity contribution is -0.116. The van der Waals surface area contributed by atoms with Gasteiger partial charge in [-0.25, -0.2) is 4.98 Å². The summed E-state index contributed by atoms with van der Waals surface area (Å²) in [4.78, 5) is 49.9. The number of piperidine rings is 1. The Morgan fingerprint density at radius 1 is 0.957 bits per heavy atom. The van der Waals surface area contributed by atoms with Crippen molar-refractivity contribution in [2.24, 2.45) is 0 Å². The second-order valence-corrected chi connectivity index (χ2v) is 12.5. The van der Waals surface area contributed by atoms with Crippen molar-refractivity contribution in [2.75, 3.05) is 63.9 Å². The van der Waals surface area contributed by atoms with Crippen LogP contribution in [0.4, 0.5) is 11.4 Å². The van der Waals surface area contributed by atoms with Gasteiger partial charge in [-0.2, -0.15) is 0 Å². The number of hydrogen-bond donors (Lipinski definition) is 3. The van der Waals surface area contributed by atoms with Crippen LogP contribution in [0.15, 0.2) is 77.9 Å². The Balaban J connectivity index is 1.04. The van der Waals surface area contributed by atoms with Gasteiger partial charge in [0, 0.05) is 74.7 Å². The number of likely N-dealkylation sites (N-methyl/N-ethyl adjacent to an activating group) is 1. The van der Waals surface area contributed by atoms with E-state index in [1.165, 1.54) is 10.9 Å². The van der Waals surface area contributed by atoms with E-state index in [2.05, 4.69) is 27.1 Å². The molecule has 0 aliphatic carbocycles. The molecule has 0 spiro atoms. The van der Waals surface area contributed by atoms with Crippen LogP contribution >= 0.6 is 0 Å². The fourth-order valence-electron chi connectivity index (χ4n) is 6.24. The molecule has 2 amide bonds. The molecule has 0 saturated carbocycles. The SMILES string of the molecule is CN1CCN(CCC(=O)Nc2ccc3c(=O)n(CC4(O)CCN(C(=O)c5ccc(-c6ccccc6N)cc5)CC4)cnc3c2)CC1. The third-order valence-electron chi connectivity index (χ3n) is 9.21. The van der Waals surface area contributed by atoms with Crippen molar-refractivity contribution >= 4 is 34.1 Å². The van der Waals surface area contributed by atoms with Gasteiger partial charge >= 0.3 is 0 Å². The molecule has 11 heteroatoms. The predicted octanol–water partition coefficient (Wildman–Crippen LogP) is 2.89. The van der Waals surface area contributed by atoms with Gasteiger partial charge in [0.2, 0.25) is 5.91 Å². The maximum absolute atomic E-state index is 13.3. The van der Waals surface area contributed by atoms with Crippen LogP contribution in [0.1, 0.15) is 29.6 Å². The number of fused-ring (bicyclic) bond motifs is 1. The number of aromatic nitrogens is 2. The van der Waals surface area contributed by atoms with E-state index in [0.717, 1.165) is 37.3 Å². The molecule has 4 N–H and O–H groups in total. The van der Waals surface area contributed by atoms with Crippen LogP contribution in [-0.4, -0.2) is 99.6 Å². The number of anilines is 2. The second kappa shape index (κ2) is 13.4. The van der Waals surface area contributed by atoms with Gasteiger partial charge in [0.15, 0.2) is 0 Å². The Morgan fingerprint density at radius 3 is 2.39 bits per heavy atom. The minimum Gasteiger partial charge on any atom is -0.398 e. The number of nitrogens with zero attached hydrogens (tertiary/aromatic N) is 5. The summed E-state index contributed by atoms with van der Waals surface area (Å²) < 4.78 is 1.43. The molecule has 6 rings (SSSR count). The molecule has 0 unspecified atom stereocenters. The number of hydrogen-bond acceptors (Lipinski definition) is 8. The number of amides is 2. The average molecular weight is 624 g/mol. The van der Waals surface area contributed by atoms with E-state index in [-0.39, 0.29) is 23.9 Å². The summed E-state index contributed by atoms with van der Waals surface area (Å²) in [5.74, 6) is -0.172. The maximum Gasteiger partial charge on any atom is 0.261 e. The molecule has 4 aromatic rings. The van der Waals surface area contributed by atoms with Gasteiger partial charge in [-0.1, -0.05) is 30.3 Å². The molecule has 0 atom stereocenters. The lowest BCUT2D eigenvalue weighted by Crippen LogP contribution is -2.49. The first kappa shape index (κ1) is 31.4. The molecule has 0 bridgehead atoms. The lowest BCUT2D eigenvalue weighted by Gasteiger charge is -2.38. The molecular formula is C35H41N7O4. The van der Waals surface area contributed by atoms with Gasteiger partial charge in [-0.05, 0) is 61.9 Å². The number of nitrogens with two attached hydrogens (primary N) is 1. The summed E-state index contributed by atoms with van der Waals surface area (Å²) >= 11 is 0. The fraction of sp³-hybridized carbons (Fsp3) is 0.371. The van der Waals surface area contributed by atoms with E-state index >= 15 is 0 Å². The predicted molar refractivity (Wildman–Crippen MR) is 180 cm³/mol. The number of nitrogens with one attached hydrogen (secondary N) is 1. The van der Waals surface area contributed by atoms with Crippen LogP contribution in [0.5, 0.6) is 0 Å². The minimum atomic E-state index is -1.15. The number of benzene rings is 3. The van der Waals surface area contributed by atoms with Crippen molar-refractivity contribution in [3.63, 3.8) is 0 Å². The Kier molecular flexibility index (Phi) is 9.16. The van der Waals surface area contributed by atoms with Crippen LogP contribution in [0.3, 0.4) is 0 Å². The van der Waals surface area contributed by atoms with Crippen molar-refractivity contribution in [1.82, 2.24) is 24.3 Å². The molecule has 0 radical (unpaired) electrons. The average Bonchev–Trinajstić information content (AvgIpc) is 3.06. The monoisotopic (exact) mass is 623 g/mol. The van der Waals surface area contributed by atoms with Gasteiger partial charge in [0.1, 0.15) is 0 Å². The third-order valence-corrected chi connectivity index (χ3v) is 9.21. The van der Waals surface area contributed by atoms with Crippen LogP contribution < -0.4 is 16.6 Å². The molecule has 11 nitrogen and oxygen atoms in total. The van der Waals surface area contributed by atoms with Crippen molar-refractivity contribution < 1.29 is 14.7 Å². The van der Waals surface area contributed by atoms with Gasteiger partial charge in [0.25, 0.3) is 11.5 Å². The fourth-order valence-corrected chi connectivity index (χ4v) is 6.24. The number of likely N-dealkylation sites (tertiary alicyclic amines) is 1. The highest BCUT2D eigenvalue weighted by Gasteiger charge is 2.35. The van der Waals surface area contributed by atoms with Crippen LogP contribution in [0.25, 0.3) is 22.0 Å². The van der Waals surface area contributed by atoms with Crippen molar-refractivity contribution in [3.05, 3.63) is 89.0 Å². The van der Waals surface area contributed by atoms with E-state index < -0.39 is 5.60 Å². The van der Waals surface area contributed by atoms with Crippen LogP contribution in [0, 0.1) is 0 Å². The van der Waals surface area contributed by atoms with Gasteiger partial charge in [-0.3, -0.25) is 19.0 Å². The van der Waals surface area contributed by atoms with Gasteiger partial charge < -0.3 is 30.9 Å². The molecular weight excluding hydrogens is 582 g/mol. The van der Waals surface area contributed by atoms with E-state index in [0.29, 0.717) is 66.7 Å². The minimum absolute atomic E-state index is 0.0759. The number of rotatable bonds is 8. The van der Waals surface area contributed by atoms with E-state index in [9.17, 15) is 19.5 Å². The topological polar surface area (TPSA) is 137 Å². The number of piperazine rings is 1. The zero-order valence-electron chi connectivity index (χ0n) is 26.2. The summed E-state index contributed by atoms with van der Waals surface area (Å²) in [6, 6.07) is 20.1. The highest BCUT2D eigenvalue weighted by molar-refractivity contribution is 5.95. The summed E-state index contributed by atoms with van der Waals surface area (Å²) in [5.41, 5.74) is 8.87. The number of nitrogen functional groups attached to an aromatic ring is 1. The van der Waals surface area contributed by atoms with Crippen molar-refractivity contribution in [2.45, 2.75) is 31.4 Å². The Morgan fingerprint density at radius 2 is 1.67 bits per heavy atom. The Bertz CT molecular complexity index is 1770. The maximum atomic E-state index is 13.3. The number of carbonyl (C=O) groups is 2. The number of para-hydroxylation sites is 1. The van der Waals surface area contributed by atoms with Crippen molar-refractivity contribution in [3.8, 4) is 11.1 Å². The first-order valence-corrected chi connectivity index (χ1v) is 15.8. The van der Waals surface area contributed by atoms with E-state index in [4.69, 9.17) is 5.73 Å². The van der Waals surface area contributed by atoms with Gasteiger partial charge in [-0.15, -0.1) is 0 Å². The summed E-state index contributed by atoms with van der Waals surface area (Å²) in [5, 5.41) is 14.7. The molecule has 240 valence electrons. The third kappa shape index (κ3) is 7.12. The summed E-state index contributed by atoms with van der Waals surface area (Å²) in [6.45, 7) is 5.47. The zero-order valence-corrected chi connectivity index (χ0v) is 26.2. The first-order valence-electron chi connectivity index (χ1n) is 15.8. The van der Waals surface area contributed by atoms with Gasteiger partial charge in [0.05, 0.1) is 29.4 Å². The lowest BCUT2D eigenvalue weighted by atomic mass is 9.90. The number of aliphatic hydroxyl groups is 1. The quantitative estimate of drug-likeness (QED) is 0.255. The highest BCUT2D eigenvalue weighted by atomic mass is 16.3. The van der Waals surface area contributed by atoms with E-state index in [1.807, 2.05) is 36.4 Å². The second-order valence-electron chi connectivity index (χ2n) is 12.5. The van der Waals surface area contributed by atoms with E-state index in [1.54, 1.807) is 35.2 Å². The molecule has 3 heterocycles. The molecule has 2 aliphatic heterocycles. The smallest absolute Gasteiger partial charge is 0.261 e. The highest BCUT2D eigenvalue weighted by Crippen LogP contribution is 2.28. The zero-order chi connectivity index (χ0) is 32.3. The molecule has 2 aliphatic rings. The molecule has 2 saturated heterocycles. The van der Waals surface area contributed by atoms with Crippen LogP contribution in [0.2, 0.25) is 0 Å². The Labute approximate surface area is 268 Å². The number of carbonyl (C=O) groups excluding carboxylic acids is 2. The Hall–Kier alpha value is -4.58. The molecule has 2 fully saturated rings. The first-order chi connectivity index (χ1) is 22.2. The summed E-state index contributed by atoms with van der Waals surface area (Å²) in [6.07, 6.45) is 2.51. The van der Waals surface area contributed by atoms with Crippen LogP contribution in [-0.2, 0) is 11.3 Å².